The summed E-state index contributed by atoms with van der Waals surface area (Å²) in [6, 6.07) is 13.3. The van der Waals surface area contributed by atoms with E-state index in [4.69, 9.17) is 9.84 Å². The zero-order valence-electron chi connectivity index (χ0n) is 15.4. The quantitative estimate of drug-likeness (QED) is 0.782. The summed E-state index contributed by atoms with van der Waals surface area (Å²) in [5, 5.41) is 12.2. The summed E-state index contributed by atoms with van der Waals surface area (Å²) in [5.41, 5.74) is 3.90. The predicted octanol–water partition coefficient (Wildman–Crippen LogP) is 4.44. The number of para-hydroxylation sites is 1. The Morgan fingerprint density at radius 2 is 1.64 bits per heavy atom. The second-order valence-corrected chi connectivity index (χ2v) is 6.76. The van der Waals surface area contributed by atoms with Crippen LogP contribution in [0.4, 0.5) is 5.69 Å². The van der Waals surface area contributed by atoms with Gasteiger partial charge in [0.1, 0.15) is 5.75 Å². The molecule has 2 aromatic carbocycles. The molecule has 0 aliphatic carbocycles. The van der Waals surface area contributed by atoms with E-state index >= 15 is 0 Å². The first-order valence-electron chi connectivity index (χ1n) is 8.67. The number of hydrogen-bond donors (Lipinski definition) is 2. The molecule has 2 N–H and O–H groups in total. The highest BCUT2D eigenvalue weighted by Crippen LogP contribution is 2.32. The average molecular weight is 341 g/mol. The molecule has 0 saturated heterocycles. The van der Waals surface area contributed by atoms with Crippen LogP contribution in [-0.4, -0.2) is 17.6 Å². The number of carbonyl (C=O) groups excluding carboxylic acids is 1. The van der Waals surface area contributed by atoms with E-state index in [0.29, 0.717) is 17.6 Å². The fourth-order valence-corrected chi connectivity index (χ4v) is 2.75. The Kier molecular flexibility index (Phi) is 6.59. The maximum absolute atomic E-state index is 12.4. The van der Waals surface area contributed by atoms with Gasteiger partial charge in [0.2, 0.25) is 0 Å². The Labute approximate surface area is 149 Å². The third-order valence-corrected chi connectivity index (χ3v) is 4.09. The van der Waals surface area contributed by atoms with Crippen molar-refractivity contribution >= 4 is 11.6 Å². The van der Waals surface area contributed by atoms with Gasteiger partial charge in [0.25, 0.3) is 5.91 Å². The Morgan fingerprint density at radius 3 is 2.20 bits per heavy atom. The lowest BCUT2D eigenvalue weighted by atomic mass is 9.92. The zero-order valence-corrected chi connectivity index (χ0v) is 15.4. The lowest BCUT2D eigenvalue weighted by Gasteiger charge is -2.20. The molecule has 25 heavy (non-hydrogen) atoms. The number of aliphatic hydroxyl groups is 1. The molecule has 0 spiro atoms. The van der Waals surface area contributed by atoms with Crippen LogP contribution < -0.4 is 10.1 Å². The van der Waals surface area contributed by atoms with Gasteiger partial charge in [-0.2, -0.15) is 0 Å². The van der Waals surface area contributed by atoms with Crippen LogP contribution in [0.3, 0.4) is 0 Å². The number of benzene rings is 2. The zero-order chi connectivity index (χ0) is 18.4. The molecule has 0 aromatic heterocycles. The highest BCUT2D eigenvalue weighted by Gasteiger charge is 2.16. The molecule has 0 aliphatic rings. The molecule has 0 unspecified atom stereocenters. The predicted molar refractivity (Wildman–Crippen MR) is 101 cm³/mol. The number of carbonyl (C=O) groups is 1. The van der Waals surface area contributed by atoms with E-state index in [2.05, 4.69) is 45.1 Å². The van der Waals surface area contributed by atoms with Gasteiger partial charge in [-0.3, -0.25) is 4.79 Å². The van der Waals surface area contributed by atoms with Crippen LogP contribution in [0.5, 0.6) is 5.75 Å². The summed E-state index contributed by atoms with van der Waals surface area (Å²) >= 11 is 0. The van der Waals surface area contributed by atoms with Crippen molar-refractivity contribution in [2.24, 2.45) is 0 Å². The van der Waals surface area contributed by atoms with Crippen LogP contribution in [0, 0.1) is 0 Å². The van der Waals surface area contributed by atoms with Gasteiger partial charge in [0, 0.05) is 5.69 Å². The Morgan fingerprint density at radius 1 is 1.04 bits per heavy atom. The molecule has 4 heteroatoms. The summed E-state index contributed by atoms with van der Waals surface area (Å²) in [7, 11) is 0. The van der Waals surface area contributed by atoms with Gasteiger partial charge in [-0.1, -0.05) is 58.0 Å². The molecule has 0 fully saturated rings. The normalized spacial score (nSPS) is 11.0. The van der Waals surface area contributed by atoms with Gasteiger partial charge < -0.3 is 15.2 Å². The fraction of sp³-hybridized carbons (Fsp3) is 0.381. The number of aliphatic hydroxyl groups excluding tert-OH is 1. The van der Waals surface area contributed by atoms with Crippen LogP contribution in [0.25, 0.3) is 0 Å². The molecule has 0 atom stereocenters. The molecule has 2 rings (SSSR count). The van der Waals surface area contributed by atoms with Crippen molar-refractivity contribution < 1.29 is 14.6 Å². The summed E-state index contributed by atoms with van der Waals surface area (Å²) in [4.78, 5) is 12.4. The summed E-state index contributed by atoms with van der Waals surface area (Å²) in [6.45, 7) is 8.34. The first-order chi connectivity index (χ1) is 11.9. The van der Waals surface area contributed by atoms with Gasteiger partial charge >= 0.3 is 0 Å². The Bertz CT molecular complexity index is 697. The van der Waals surface area contributed by atoms with Crippen LogP contribution in [-0.2, 0) is 11.4 Å². The first-order valence-corrected chi connectivity index (χ1v) is 8.67. The minimum Gasteiger partial charge on any atom is -0.484 e. The third-order valence-electron chi connectivity index (χ3n) is 4.09. The molecule has 0 radical (unpaired) electrons. The Balaban J connectivity index is 2.12. The molecule has 1 amide bonds. The van der Waals surface area contributed by atoms with Crippen LogP contribution in [0.2, 0.25) is 0 Å². The smallest absolute Gasteiger partial charge is 0.262 e. The molecule has 134 valence electrons. The van der Waals surface area contributed by atoms with Crippen LogP contribution in [0.1, 0.15) is 56.2 Å². The van der Waals surface area contributed by atoms with E-state index in [0.717, 1.165) is 22.4 Å². The minimum absolute atomic E-state index is 0.0527. The topological polar surface area (TPSA) is 58.6 Å². The van der Waals surface area contributed by atoms with Crippen molar-refractivity contribution in [3.63, 3.8) is 0 Å². The maximum Gasteiger partial charge on any atom is 0.262 e. The SMILES string of the molecule is CC(C)c1cccc(C(C)C)c1NC(=O)COc1cccc(CO)c1. The van der Waals surface area contributed by atoms with Gasteiger partial charge in [-0.05, 0) is 40.7 Å². The summed E-state index contributed by atoms with van der Waals surface area (Å²) < 4.78 is 5.56. The van der Waals surface area contributed by atoms with E-state index in [9.17, 15) is 4.79 Å². The van der Waals surface area contributed by atoms with E-state index in [-0.39, 0.29) is 19.1 Å². The van der Waals surface area contributed by atoms with Crippen LogP contribution in [0.15, 0.2) is 42.5 Å². The number of amides is 1. The van der Waals surface area contributed by atoms with E-state index in [1.807, 2.05) is 6.07 Å². The number of rotatable bonds is 7. The highest BCUT2D eigenvalue weighted by molar-refractivity contribution is 5.93. The van der Waals surface area contributed by atoms with Gasteiger partial charge in [-0.15, -0.1) is 0 Å². The molecule has 0 saturated carbocycles. The van der Waals surface area contributed by atoms with Gasteiger partial charge in [0.05, 0.1) is 6.61 Å². The number of nitrogens with one attached hydrogen (secondary N) is 1. The highest BCUT2D eigenvalue weighted by atomic mass is 16.5. The fourth-order valence-electron chi connectivity index (χ4n) is 2.75. The lowest BCUT2D eigenvalue weighted by Crippen LogP contribution is -2.22. The number of ether oxygens (including phenoxy) is 1. The monoisotopic (exact) mass is 341 g/mol. The number of hydrogen-bond acceptors (Lipinski definition) is 3. The molecule has 2 aromatic rings. The molecule has 0 heterocycles. The number of anilines is 1. The third kappa shape index (κ3) is 5.07. The molecule has 4 nitrogen and oxygen atoms in total. The minimum atomic E-state index is -0.190. The van der Waals surface area contributed by atoms with E-state index < -0.39 is 0 Å². The largest absolute Gasteiger partial charge is 0.484 e. The van der Waals surface area contributed by atoms with Gasteiger partial charge in [0.15, 0.2) is 6.61 Å². The second kappa shape index (κ2) is 8.67. The van der Waals surface area contributed by atoms with Crippen LogP contribution >= 0.6 is 0 Å². The van der Waals surface area contributed by atoms with E-state index in [1.165, 1.54) is 0 Å². The second-order valence-electron chi connectivity index (χ2n) is 6.76. The summed E-state index contributed by atoms with van der Waals surface area (Å²) in [6.07, 6.45) is 0. The van der Waals surface area contributed by atoms with Gasteiger partial charge in [-0.25, -0.2) is 0 Å². The average Bonchev–Trinajstić information content (AvgIpc) is 2.60. The Hall–Kier alpha value is -2.33. The summed E-state index contributed by atoms with van der Waals surface area (Å²) in [5.74, 6) is 1.01. The molecule has 0 bridgehead atoms. The van der Waals surface area contributed by atoms with Crippen molar-refractivity contribution in [1.82, 2.24) is 0 Å². The molecular formula is C21H27NO3. The van der Waals surface area contributed by atoms with Crippen molar-refractivity contribution in [2.75, 3.05) is 11.9 Å². The van der Waals surface area contributed by atoms with Crippen molar-refractivity contribution in [1.29, 1.82) is 0 Å². The van der Waals surface area contributed by atoms with E-state index in [1.54, 1.807) is 24.3 Å². The van der Waals surface area contributed by atoms with Crippen molar-refractivity contribution in [3.05, 3.63) is 59.2 Å². The molecule has 0 aliphatic heterocycles. The lowest BCUT2D eigenvalue weighted by molar-refractivity contribution is -0.118. The van der Waals surface area contributed by atoms with Crippen molar-refractivity contribution in [2.45, 2.75) is 46.1 Å². The maximum atomic E-state index is 12.4. The first kappa shape index (κ1) is 19.0. The molecular weight excluding hydrogens is 314 g/mol. The van der Waals surface area contributed by atoms with Crippen molar-refractivity contribution in [3.8, 4) is 5.75 Å². The standard InChI is InChI=1S/C21H27NO3/c1-14(2)18-9-6-10-19(15(3)4)21(18)22-20(24)13-25-17-8-5-7-16(11-17)12-23/h5-11,14-15,23H,12-13H2,1-4H3,(H,22,24).